The number of rotatable bonds is 4. The average molecular weight is 367 g/mol. The summed E-state index contributed by atoms with van der Waals surface area (Å²) in [5.74, 6) is 1.80. The van der Waals surface area contributed by atoms with Crippen LogP contribution < -0.4 is 15.0 Å². The first kappa shape index (κ1) is 17.6. The van der Waals surface area contributed by atoms with E-state index in [0.717, 1.165) is 43.9 Å². The summed E-state index contributed by atoms with van der Waals surface area (Å²) in [6, 6.07) is 12.0. The fraction of sp³-hybridized carbons (Fsp3) is 0.450. The van der Waals surface area contributed by atoms with Crippen molar-refractivity contribution in [3.05, 3.63) is 48.2 Å². The van der Waals surface area contributed by atoms with Crippen molar-refractivity contribution in [3.8, 4) is 5.75 Å². The third kappa shape index (κ3) is 3.97. The Morgan fingerprint density at radius 1 is 1.33 bits per heavy atom. The van der Waals surface area contributed by atoms with E-state index in [2.05, 4.69) is 26.5 Å². The summed E-state index contributed by atoms with van der Waals surface area (Å²) in [5.41, 5.74) is 1.21. The highest BCUT2D eigenvalue weighted by Crippen LogP contribution is 2.27. The number of carbonyl (C=O) groups excluding carboxylic acids is 1. The molecule has 0 spiro atoms. The molecule has 142 valence electrons. The average Bonchev–Trinajstić information content (AvgIpc) is 3.15. The Morgan fingerprint density at radius 3 is 3.04 bits per heavy atom. The summed E-state index contributed by atoms with van der Waals surface area (Å²) >= 11 is 0. The number of piperidine rings is 1. The molecule has 7 nitrogen and oxygen atoms in total. The van der Waals surface area contributed by atoms with Crippen LogP contribution in [-0.2, 0) is 6.42 Å². The summed E-state index contributed by atoms with van der Waals surface area (Å²) in [6.45, 7) is 2.23. The number of nitrogens with zero attached hydrogens (tertiary/aromatic N) is 4. The normalized spacial score (nSPS) is 21.3. The van der Waals surface area contributed by atoms with Crippen LogP contribution in [0.4, 0.5) is 10.6 Å². The number of fused-ring (bicyclic) bond motifs is 1. The molecule has 1 aromatic heterocycles. The summed E-state index contributed by atoms with van der Waals surface area (Å²) in [5, 5.41) is 11.2. The van der Waals surface area contributed by atoms with Gasteiger partial charge in [-0.2, -0.15) is 5.10 Å². The van der Waals surface area contributed by atoms with Gasteiger partial charge in [0.1, 0.15) is 11.9 Å². The highest BCUT2D eigenvalue weighted by atomic mass is 16.5. The fourth-order valence-corrected chi connectivity index (χ4v) is 3.80. The molecule has 0 radical (unpaired) electrons. The second-order valence-corrected chi connectivity index (χ2v) is 7.17. The van der Waals surface area contributed by atoms with Gasteiger partial charge in [0.15, 0.2) is 5.82 Å². The van der Waals surface area contributed by atoms with Gasteiger partial charge in [-0.3, -0.25) is 0 Å². The van der Waals surface area contributed by atoms with Gasteiger partial charge in [-0.15, -0.1) is 5.10 Å². The number of urea groups is 1. The molecule has 1 unspecified atom stereocenters. The Morgan fingerprint density at radius 2 is 2.22 bits per heavy atom. The number of likely N-dealkylation sites (N-methyl/N-ethyl adjacent to an activating group) is 1. The van der Waals surface area contributed by atoms with Gasteiger partial charge < -0.3 is 19.9 Å². The number of para-hydroxylation sites is 1. The van der Waals surface area contributed by atoms with Crippen LogP contribution >= 0.6 is 0 Å². The Kier molecular flexibility index (Phi) is 5.09. The second kappa shape index (κ2) is 7.82. The van der Waals surface area contributed by atoms with Crippen LogP contribution in [0.15, 0.2) is 42.6 Å². The molecule has 2 atom stereocenters. The summed E-state index contributed by atoms with van der Waals surface area (Å²) in [4.78, 5) is 16.6. The molecule has 2 aliphatic rings. The van der Waals surface area contributed by atoms with Crippen molar-refractivity contribution in [2.75, 3.05) is 31.6 Å². The van der Waals surface area contributed by atoms with Crippen molar-refractivity contribution >= 4 is 11.8 Å². The molecule has 27 heavy (non-hydrogen) atoms. The molecule has 0 aliphatic carbocycles. The van der Waals surface area contributed by atoms with Crippen LogP contribution in [0.1, 0.15) is 18.4 Å². The lowest BCUT2D eigenvalue weighted by atomic mass is 10.0. The highest BCUT2D eigenvalue weighted by Gasteiger charge is 2.28. The summed E-state index contributed by atoms with van der Waals surface area (Å²) in [7, 11) is 1.87. The van der Waals surface area contributed by atoms with Gasteiger partial charge in [0.05, 0.1) is 12.6 Å². The van der Waals surface area contributed by atoms with Crippen molar-refractivity contribution < 1.29 is 9.53 Å². The summed E-state index contributed by atoms with van der Waals surface area (Å²) in [6.07, 6.45) is 4.53. The van der Waals surface area contributed by atoms with Gasteiger partial charge in [0.2, 0.25) is 0 Å². The predicted octanol–water partition coefficient (Wildman–Crippen LogP) is 2.09. The molecule has 1 aromatic carbocycles. The molecule has 3 heterocycles. The Labute approximate surface area is 159 Å². The lowest BCUT2D eigenvalue weighted by Gasteiger charge is -2.38. The molecule has 1 fully saturated rings. The van der Waals surface area contributed by atoms with Gasteiger partial charge in [0, 0.05) is 32.8 Å². The quantitative estimate of drug-likeness (QED) is 0.896. The molecule has 2 amide bonds. The Bertz CT molecular complexity index is 760. The van der Waals surface area contributed by atoms with Crippen LogP contribution in [0.2, 0.25) is 0 Å². The molecular weight excluding hydrogens is 342 g/mol. The van der Waals surface area contributed by atoms with Crippen molar-refractivity contribution in [1.29, 1.82) is 0 Å². The minimum atomic E-state index is -0.0550. The predicted molar refractivity (Wildman–Crippen MR) is 103 cm³/mol. The van der Waals surface area contributed by atoms with E-state index in [1.54, 1.807) is 6.20 Å². The molecular formula is C20H25N5O2. The van der Waals surface area contributed by atoms with Crippen molar-refractivity contribution in [2.45, 2.75) is 31.4 Å². The standard InChI is InChI=1S/C20H25N5O2/c1-24(16-7-5-11-25(14-16)19-9-4-10-22-23-19)20(26)21-13-17-12-15-6-2-3-8-18(15)27-17/h2-4,6,8-10,16-17H,5,7,11-14H2,1H3,(H,21,26)/t16-,17?/m1/s1. The minimum Gasteiger partial charge on any atom is -0.488 e. The van der Waals surface area contributed by atoms with Crippen molar-refractivity contribution in [2.24, 2.45) is 0 Å². The fourth-order valence-electron chi connectivity index (χ4n) is 3.80. The lowest BCUT2D eigenvalue weighted by Crippen LogP contribution is -2.52. The van der Waals surface area contributed by atoms with Crippen LogP contribution in [0.3, 0.4) is 0 Å². The number of amides is 2. The molecule has 1 N–H and O–H groups in total. The van der Waals surface area contributed by atoms with Crippen molar-refractivity contribution in [1.82, 2.24) is 20.4 Å². The van der Waals surface area contributed by atoms with E-state index in [9.17, 15) is 4.79 Å². The minimum absolute atomic E-state index is 0.00203. The molecule has 2 aromatic rings. The van der Waals surface area contributed by atoms with E-state index in [4.69, 9.17) is 4.74 Å². The second-order valence-electron chi connectivity index (χ2n) is 7.17. The molecule has 2 aliphatic heterocycles. The summed E-state index contributed by atoms with van der Waals surface area (Å²) < 4.78 is 5.90. The number of hydrogen-bond donors (Lipinski definition) is 1. The SMILES string of the molecule is CN(C(=O)NCC1Cc2ccccc2O1)[C@@H]1CCCN(c2cccnn2)C1. The number of hydrogen-bond acceptors (Lipinski definition) is 5. The van der Waals surface area contributed by atoms with E-state index < -0.39 is 0 Å². The third-order valence-corrected chi connectivity index (χ3v) is 5.34. The number of anilines is 1. The zero-order valence-corrected chi connectivity index (χ0v) is 15.5. The smallest absolute Gasteiger partial charge is 0.317 e. The van der Waals surface area contributed by atoms with Gasteiger partial charge in [0.25, 0.3) is 0 Å². The zero-order valence-electron chi connectivity index (χ0n) is 15.5. The van der Waals surface area contributed by atoms with Gasteiger partial charge in [-0.05, 0) is 36.6 Å². The largest absolute Gasteiger partial charge is 0.488 e. The van der Waals surface area contributed by atoms with E-state index in [0.29, 0.717) is 6.54 Å². The van der Waals surface area contributed by atoms with Crippen LogP contribution in [0, 0.1) is 0 Å². The molecule has 1 saturated heterocycles. The first-order chi connectivity index (χ1) is 13.2. The number of aromatic nitrogens is 2. The topological polar surface area (TPSA) is 70.6 Å². The van der Waals surface area contributed by atoms with E-state index in [1.807, 2.05) is 42.3 Å². The van der Waals surface area contributed by atoms with Crippen LogP contribution in [0.25, 0.3) is 0 Å². The number of carbonyl (C=O) groups is 1. The Balaban J connectivity index is 1.29. The maximum absolute atomic E-state index is 12.6. The number of nitrogens with one attached hydrogen (secondary N) is 1. The maximum atomic E-state index is 12.6. The van der Waals surface area contributed by atoms with E-state index >= 15 is 0 Å². The molecule has 0 bridgehead atoms. The molecule has 0 saturated carbocycles. The molecule has 7 heteroatoms. The molecule has 4 rings (SSSR count). The lowest BCUT2D eigenvalue weighted by molar-refractivity contribution is 0.172. The number of benzene rings is 1. The highest BCUT2D eigenvalue weighted by molar-refractivity contribution is 5.74. The maximum Gasteiger partial charge on any atom is 0.317 e. The van der Waals surface area contributed by atoms with Gasteiger partial charge in [-0.1, -0.05) is 18.2 Å². The Hall–Kier alpha value is -2.83. The third-order valence-electron chi connectivity index (χ3n) is 5.34. The zero-order chi connectivity index (χ0) is 18.6. The van der Waals surface area contributed by atoms with Gasteiger partial charge >= 0.3 is 6.03 Å². The first-order valence-electron chi connectivity index (χ1n) is 9.48. The first-order valence-corrected chi connectivity index (χ1v) is 9.48. The van der Waals surface area contributed by atoms with E-state index in [1.165, 1.54) is 5.56 Å². The van der Waals surface area contributed by atoms with Crippen LogP contribution in [-0.4, -0.2) is 60.0 Å². The van der Waals surface area contributed by atoms with Crippen LogP contribution in [0.5, 0.6) is 5.75 Å². The monoisotopic (exact) mass is 367 g/mol. The van der Waals surface area contributed by atoms with E-state index in [-0.39, 0.29) is 18.2 Å². The van der Waals surface area contributed by atoms with Gasteiger partial charge in [-0.25, -0.2) is 4.79 Å². The number of ether oxygens (including phenoxy) is 1. The van der Waals surface area contributed by atoms with Crippen molar-refractivity contribution in [3.63, 3.8) is 0 Å².